The number of carboxylic acid groups (broad SMARTS) is 1. The predicted molar refractivity (Wildman–Crippen MR) is 215 cm³/mol. The van der Waals surface area contributed by atoms with Gasteiger partial charge in [0.25, 0.3) is 11.5 Å². The Morgan fingerprint density at radius 1 is 1.03 bits per heavy atom. The molecule has 19 nitrogen and oxygen atoms in total. The van der Waals surface area contributed by atoms with Crippen molar-refractivity contribution in [1.29, 1.82) is 0 Å². The van der Waals surface area contributed by atoms with Gasteiger partial charge in [0.2, 0.25) is 0 Å². The standard InChI is InChI=1S/C39H36N6O13S/c46-18-30-33(50)34(51)36(58-30)45-17-20(35(52)44-39(45)55)4-3-12-40-31(49)19-56-42-13-2-1-11-41-38(59)43-21-5-8-24(27(14-21)37(53)54)32-25-9-6-22(47)15-28(25)57-29-16-23(48)7-10-26(29)32/h5-10,13-17,30,33-34,36,46-47,50-51H,1-2,11-12,18-19H2,(H,40,49)(H,53,54)(H2,41,43,59)(H,44,52,55)/b42-13-/t30-,33-,34-,36-/m1/s1. The van der Waals surface area contributed by atoms with Gasteiger partial charge >= 0.3 is 11.7 Å². The van der Waals surface area contributed by atoms with Crippen molar-refractivity contribution in [1.82, 2.24) is 20.2 Å². The number of oxime groups is 1. The first kappa shape index (κ1) is 41.7. The largest absolute Gasteiger partial charge is 0.508 e. The lowest BCUT2D eigenvalue weighted by Gasteiger charge is -2.18. The van der Waals surface area contributed by atoms with Gasteiger partial charge in [0.1, 0.15) is 41.0 Å². The molecule has 3 aliphatic rings. The smallest absolute Gasteiger partial charge is 0.336 e. The zero-order valence-electron chi connectivity index (χ0n) is 30.7. The summed E-state index contributed by atoms with van der Waals surface area (Å²) in [6.45, 7) is -0.796. The average molecular weight is 829 g/mol. The molecule has 2 aromatic carbocycles. The minimum Gasteiger partial charge on any atom is -0.508 e. The normalized spacial score (nSPS) is 17.4. The summed E-state index contributed by atoms with van der Waals surface area (Å²) in [6.07, 6.45) is -2.00. The van der Waals surface area contributed by atoms with Crippen LogP contribution in [0.3, 0.4) is 0 Å². The molecule has 20 heteroatoms. The van der Waals surface area contributed by atoms with E-state index in [1.165, 1.54) is 36.5 Å². The number of aliphatic hydroxyl groups excluding tert-OH is 3. The Morgan fingerprint density at radius 2 is 1.83 bits per heavy atom. The molecule has 3 heterocycles. The van der Waals surface area contributed by atoms with Crippen molar-refractivity contribution in [3.8, 4) is 40.0 Å². The van der Waals surface area contributed by atoms with Crippen LogP contribution < -0.4 is 32.6 Å². The van der Waals surface area contributed by atoms with Gasteiger partial charge in [-0.2, -0.15) is 0 Å². The second-order valence-electron chi connectivity index (χ2n) is 13.0. The molecule has 1 fully saturated rings. The van der Waals surface area contributed by atoms with E-state index in [4.69, 9.17) is 26.2 Å². The Hall–Kier alpha value is -6.89. The number of aromatic hydroxyl groups is 1. The number of nitrogens with one attached hydrogen (secondary N) is 4. The third-order valence-corrected chi connectivity index (χ3v) is 9.20. The maximum Gasteiger partial charge on any atom is 0.336 e. The molecule has 306 valence electrons. The fraction of sp³-hybridized carbons (Fsp3) is 0.256. The number of amides is 1. The number of aromatic amines is 1. The number of ether oxygens (including phenoxy) is 1. The molecule has 1 aliphatic carbocycles. The van der Waals surface area contributed by atoms with E-state index in [-0.39, 0.29) is 45.3 Å². The fourth-order valence-corrected chi connectivity index (χ4v) is 6.36. The summed E-state index contributed by atoms with van der Waals surface area (Å²) < 4.78 is 12.0. The second-order valence-corrected chi connectivity index (χ2v) is 13.4. The first-order valence-corrected chi connectivity index (χ1v) is 18.2. The molecular formula is C39H36N6O13S. The third-order valence-electron chi connectivity index (χ3n) is 8.95. The number of nitrogens with zero attached hydrogens (tertiary/aromatic N) is 2. The van der Waals surface area contributed by atoms with Gasteiger partial charge in [-0.3, -0.25) is 23.9 Å². The number of aromatic nitrogens is 2. The number of unbranched alkanes of at least 4 members (excludes halogenated alkanes) is 1. The SMILES string of the molecule is O=C(CO/N=C\CCCNC(=S)Nc1ccc(-c2c3ccc(=O)cc-3oc3cc(O)ccc23)c(C(=O)O)c1)NCC#Cc1cn([C@@H]2O[C@H](CO)[C@@H](O)[C@H]2O)c(=O)[nH]c1=O. The topological polar surface area (TPSA) is 287 Å². The Morgan fingerprint density at radius 3 is 2.59 bits per heavy atom. The number of carbonyl (C=O) groups is 2. The van der Waals surface area contributed by atoms with Crippen molar-refractivity contribution in [3.05, 3.63) is 103 Å². The van der Waals surface area contributed by atoms with Crippen LogP contribution in [0.5, 0.6) is 5.75 Å². The number of carbonyl (C=O) groups excluding carboxylic acids is 1. The highest BCUT2D eigenvalue weighted by atomic mass is 32.1. The van der Waals surface area contributed by atoms with Gasteiger partial charge in [0.05, 0.1) is 18.7 Å². The highest BCUT2D eigenvalue weighted by Crippen LogP contribution is 2.42. The lowest BCUT2D eigenvalue weighted by atomic mass is 9.90. The van der Waals surface area contributed by atoms with E-state index in [1.54, 1.807) is 24.3 Å². The number of aromatic carboxylic acids is 1. The van der Waals surface area contributed by atoms with Crippen LogP contribution in [0.4, 0.5) is 5.69 Å². The molecular weight excluding hydrogens is 793 g/mol. The van der Waals surface area contributed by atoms with Crippen molar-refractivity contribution in [3.63, 3.8) is 0 Å². The Labute approximate surface area is 337 Å². The first-order valence-electron chi connectivity index (χ1n) is 17.8. The van der Waals surface area contributed by atoms with E-state index in [0.29, 0.717) is 47.2 Å². The number of aliphatic hydroxyl groups is 3. The van der Waals surface area contributed by atoms with Crippen molar-refractivity contribution in [2.45, 2.75) is 37.4 Å². The second kappa shape index (κ2) is 18.6. The van der Waals surface area contributed by atoms with E-state index < -0.39 is 60.9 Å². The van der Waals surface area contributed by atoms with E-state index in [9.17, 15) is 49.5 Å². The molecule has 9 N–H and O–H groups in total. The lowest BCUT2D eigenvalue weighted by Crippen LogP contribution is -2.38. The van der Waals surface area contributed by atoms with Gasteiger partial charge in [0, 0.05) is 53.3 Å². The van der Waals surface area contributed by atoms with Crippen LogP contribution in [0.2, 0.25) is 0 Å². The molecule has 0 unspecified atom stereocenters. The van der Waals surface area contributed by atoms with Crippen LogP contribution in [0.25, 0.3) is 33.4 Å². The number of H-pyrrole nitrogens is 1. The number of hydrogen-bond donors (Lipinski definition) is 9. The van der Waals surface area contributed by atoms with Gasteiger partial charge in [-0.25, -0.2) is 9.59 Å². The predicted octanol–water partition coefficient (Wildman–Crippen LogP) is 0.667. The molecule has 3 aromatic rings. The maximum atomic E-state index is 12.5. The molecule has 0 bridgehead atoms. The molecule has 4 atom stereocenters. The average Bonchev–Trinajstić information content (AvgIpc) is 3.49. The van der Waals surface area contributed by atoms with Crippen molar-refractivity contribution in [2.24, 2.45) is 5.16 Å². The molecule has 1 aromatic heterocycles. The maximum absolute atomic E-state index is 12.5. The summed E-state index contributed by atoms with van der Waals surface area (Å²) in [4.78, 5) is 68.2. The lowest BCUT2D eigenvalue weighted by molar-refractivity contribution is -0.125. The van der Waals surface area contributed by atoms with Crippen molar-refractivity contribution in [2.75, 3.05) is 31.6 Å². The van der Waals surface area contributed by atoms with E-state index in [1.807, 2.05) is 4.98 Å². The number of benzene rings is 3. The highest BCUT2D eigenvalue weighted by Gasteiger charge is 2.43. The number of phenols is 1. The molecule has 1 amide bonds. The van der Waals surface area contributed by atoms with Gasteiger partial charge in [-0.1, -0.05) is 23.1 Å². The van der Waals surface area contributed by atoms with Crippen LogP contribution in [0, 0.1) is 11.8 Å². The summed E-state index contributed by atoms with van der Waals surface area (Å²) in [5.41, 5.74) is -0.195. The minimum atomic E-state index is -1.55. The van der Waals surface area contributed by atoms with E-state index in [2.05, 4.69) is 32.9 Å². The number of phenolic OH excluding ortho intramolecular Hbond substituents is 1. The van der Waals surface area contributed by atoms with Gasteiger partial charge < -0.3 is 55.5 Å². The molecule has 2 aliphatic heterocycles. The summed E-state index contributed by atoms with van der Waals surface area (Å²) in [5, 5.41) is 62.6. The number of anilines is 1. The minimum absolute atomic E-state index is 0.0426. The summed E-state index contributed by atoms with van der Waals surface area (Å²) in [7, 11) is 0. The molecule has 1 saturated heterocycles. The molecule has 0 spiro atoms. The van der Waals surface area contributed by atoms with E-state index in [0.717, 1.165) is 10.8 Å². The number of hydrogen-bond acceptors (Lipinski definition) is 14. The zero-order chi connectivity index (χ0) is 42.2. The Bertz CT molecular complexity index is 2650. The van der Waals surface area contributed by atoms with Crippen molar-refractivity contribution >= 4 is 52.1 Å². The summed E-state index contributed by atoms with van der Waals surface area (Å²) in [6, 6.07) is 13.4. The number of thiocarbonyl (C=S) groups is 1. The number of rotatable bonds is 13. The molecule has 6 rings (SSSR count). The van der Waals surface area contributed by atoms with Crippen molar-refractivity contribution < 1.29 is 49.1 Å². The Balaban J connectivity index is 0.943. The first-order chi connectivity index (χ1) is 28.3. The van der Waals surface area contributed by atoms with Crippen LogP contribution in [0.1, 0.15) is 35.0 Å². The highest BCUT2D eigenvalue weighted by molar-refractivity contribution is 7.80. The summed E-state index contributed by atoms with van der Waals surface area (Å²) in [5.74, 6) is 3.48. The van der Waals surface area contributed by atoms with Crippen LogP contribution in [-0.4, -0.2) is 103 Å². The van der Waals surface area contributed by atoms with Crippen LogP contribution in [-0.2, 0) is 14.4 Å². The van der Waals surface area contributed by atoms with Gasteiger partial charge in [0.15, 0.2) is 23.4 Å². The molecule has 59 heavy (non-hydrogen) atoms. The van der Waals surface area contributed by atoms with Gasteiger partial charge in [-0.15, -0.1) is 0 Å². The fourth-order valence-electron chi connectivity index (χ4n) is 6.14. The Kier molecular flexibility index (Phi) is 13.1. The molecule has 0 saturated carbocycles. The third kappa shape index (κ3) is 9.81. The summed E-state index contributed by atoms with van der Waals surface area (Å²) >= 11 is 5.39. The van der Waals surface area contributed by atoms with E-state index >= 15 is 0 Å². The van der Waals surface area contributed by atoms with Crippen LogP contribution in [0.15, 0.2) is 84.8 Å². The number of fused-ring (bicyclic) bond motifs is 2. The zero-order valence-corrected chi connectivity index (χ0v) is 31.5. The quantitative estimate of drug-likeness (QED) is 0.0197. The number of carboxylic acids is 1. The monoisotopic (exact) mass is 828 g/mol. The molecule has 0 radical (unpaired) electrons. The van der Waals surface area contributed by atoms with Gasteiger partial charge in [-0.05, 0) is 67.0 Å². The van der Waals surface area contributed by atoms with Crippen LogP contribution >= 0.6 is 12.2 Å².